The van der Waals surface area contributed by atoms with Crippen LogP contribution in [0.4, 0.5) is 20.2 Å². The number of anilines is 2. The predicted molar refractivity (Wildman–Crippen MR) is 136 cm³/mol. The first-order valence-electron chi connectivity index (χ1n) is 11.3. The molecule has 2 heterocycles. The highest BCUT2D eigenvalue weighted by Crippen LogP contribution is 2.29. The number of aliphatic hydroxyl groups excluding tert-OH is 1. The first-order chi connectivity index (χ1) is 16.8. The average molecular weight is 516 g/mol. The summed E-state index contributed by atoms with van der Waals surface area (Å²) in [7, 11) is 2.42. The maximum absolute atomic E-state index is 14.9. The number of methoxy groups -OCH3 is 1. The number of rotatable bonds is 7. The van der Waals surface area contributed by atoms with Crippen LogP contribution in [-0.2, 0) is 9.53 Å². The summed E-state index contributed by atoms with van der Waals surface area (Å²) >= 11 is 4.86. The second-order valence-electron chi connectivity index (χ2n) is 8.07. The summed E-state index contributed by atoms with van der Waals surface area (Å²) in [6.45, 7) is 4.01. The summed E-state index contributed by atoms with van der Waals surface area (Å²) in [6.07, 6.45) is 3.58. The Morgan fingerprint density at radius 1 is 1.17 bits per heavy atom. The average Bonchev–Trinajstić information content (AvgIpc) is 3.36. The third-order valence-corrected chi connectivity index (χ3v) is 6.04. The van der Waals surface area contributed by atoms with Crippen molar-refractivity contribution < 1.29 is 23.4 Å². The minimum Gasteiger partial charge on any atom is -0.474 e. The molecule has 0 radical (unpaired) electrons. The van der Waals surface area contributed by atoms with Crippen LogP contribution < -0.4 is 26.8 Å². The van der Waals surface area contributed by atoms with Gasteiger partial charge in [0.05, 0.1) is 25.9 Å². The zero-order valence-electron chi connectivity index (χ0n) is 20.2. The van der Waals surface area contributed by atoms with Gasteiger partial charge in [0, 0.05) is 57.3 Å². The number of nitrogens with zero attached hydrogens (tertiary/aromatic N) is 4. The van der Waals surface area contributed by atoms with E-state index in [0.29, 0.717) is 32.7 Å². The van der Waals surface area contributed by atoms with E-state index in [2.05, 4.69) is 10.2 Å². The summed E-state index contributed by atoms with van der Waals surface area (Å²) in [4.78, 5) is 18.0. The molecule has 3 rings (SSSR count). The molecular weight excluding hydrogens is 480 g/mol. The summed E-state index contributed by atoms with van der Waals surface area (Å²) in [5.74, 6) is 4.51. The van der Waals surface area contributed by atoms with Gasteiger partial charge >= 0.3 is 0 Å². The van der Waals surface area contributed by atoms with Crippen LogP contribution in [0, 0.1) is 11.6 Å². The van der Waals surface area contributed by atoms with Crippen LogP contribution in [0.5, 0.6) is 0 Å². The molecule has 2 aliphatic rings. The number of aliphatic hydroxyl groups is 1. The number of hydrazine groups is 1. The molecule has 0 bridgehead atoms. The molecule has 0 unspecified atom stereocenters. The maximum Gasteiger partial charge on any atom is 0.256 e. The van der Waals surface area contributed by atoms with Gasteiger partial charge in [-0.2, -0.15) is 0 Å². The van der Waals surface area contributed by atoms with E-state index in [9.17, 15) is 13.6 Å². The number of likely N-dealkylation sites (tertiary alicyclic amines) is 1. The Labute approximate surface area is 210 Å². The molecule has 0 spiro atoms. The molecule has 0 aliphatic carbocycles. The third-order valence-electron chi connectivity index (χ3n) is 5.73. The maximum atomic E-state index is 14.9. The summed E-state index contributed by atoms with van der Waals surface area (Å²) in [5, 5.41) is 10.9. The summed E-state index contributed by atoms with van der Waals surface area (Å²) in [5.41, 5.74) is 6.13. The summed E-state index contributed by atoms with van der Waals surface area (Å²) < 4.78 is 34.5. The second-order valence-corrected chi connectivity index (χ2v) is 8.44. The van der Waals surface area contributed by atoms with Crippen LogP contribution in [0.2, 0.25) is 0 Å². The Morgan fingerprint density at radius 3 is 2.29 bits per heavy atom. The van der Waals surface area contributed by atoms with Gasteiger partial charge in [0.2, 0.25) is 5.91 Å². The van der Waals surface area contributed by atoms with Crippen molar-refractivity contribution in [2.75, 3.05) is 76.5 Å². The number of hydrogen-bond donors (Lipinski definition) is 4. The van der Waals surface area contributed by atoms with E-state index in [0.717, 1.165) is 50.2 Å². The lowest BCUT2D eigenvalue weighted by molar-refractivity contribution is -0.132. The standard InChI is InChI=1S/C21H31F2N7O2S.CH4O/c1-32-21(33)26-12-15(24)13-30(25)16-10-17(22)20(18(23)11-16)29-8-6-28(7-9-29)19(31)14-27-4-2-3-5-27;1-2/h10-11,13H,2-9,12,14,24-25H2,1H3,(H,26,33);2H,1H3/b15-13-;. The number of nitrogens with one attached hydrogen (secondary N) is 1. The molecule has 1 aromatic rings. The molecule has 196 valence electrons. The number of carbonyl (C=O) groups is 1. The Balaban J connectivity index is 0.00000210. The highest BCUT2D eigenvalue weighted by Gasteiger charge is 2.27. The van der Waals surface area contributed by atoms with Crippen molar-refractivity contribution in [2.45, 2.75) is 12.8 Å². The fraction of sp³-hybridized carbons (Fsp3) is 0.545. The van der Waals surface area contributed by atoms with Gasteiger partial charge in [-0.3, -0.25) is 14.7 Å². The molecule has 0 atom stereocenters. The zero-order valence-corrected chi connectivity index (χ0v) is 21.0. The fourth-order valence-corrected chi connectivity index (χ4v) is 4.03. The van der Waals surface area contributed by atoms with E-state index in [1.54, 1.807) is 9.80 Å². The molecule has 0 aromatic heterocycles. The normalized spacial score (nSPS) is 16.5. The van der Waals surface area contributed by atoms with Crippen LogP contribution in [0.3, 0.4) is 0 Å². The minimum atomic E-state index is -0.733. The van der Waals surface area contributed by atoms with Crippen LogP contribution in [0.25, 0.3) is 0 Å². The van der Waals surface area contributed by atoms with Gasteiger partial charge < -0.3 is 30.7 Å². The number of benzene rings is 1. The van der Waals surface area contributed by atoms with E-state index >= 15 is 0 Å². The van der Waals surface area contributed by atoms with Crippen molar-refractivity contribution in [3.63, 3.8) is 0 Å². The largest absolute Gasteiger partial charge is 0.474 e. The van der Waals surface area contributed by atoms with Gasteiger partial charge in [0.25, 0.3) is 5.17 Å². The van der Waals surface area contributed by atoms with Gasteiger partial charge in [-0.15, -0.1) is 0 Å². The second kappa shape index (κ2) is 14.0. The van der Waals surface area contributed by atoms with Crippen molar-refractivity contribution in [2.24, 2.45) is 11.6 Å². The number of halogens is 2. The number of piperazine rings is 1. The molecule has 2 fully saturated rings. The molecule has 6 N–H and O–H groups in total. The lowest BCUT2D eigenvalue weighted by Crippen LogP contribution is -2.51. The van der Waals surface area contributed by atoms with Crippen molar-refractivity contribution >= 4 is 34.7 Å². The molecular formula is C22H35F2N7O3S. The summed E-state index contributed by atoms with van der Waals surface area (Å²) in [6, 6.07) is 2.31. The van der Waals surface area contributed by atoms with Crippen molar-refractivity contribution in [3.8, 4) is 0 Å². The Morgan fingerprint density at radius 2 is 1.74 bits per heavy atom. The number of hydrogen-bond acceptors (Lipinski definition) is 9. The number of nitrogens with two attached hydrogens (primary N) is 2. The quantitative estimate of drug-likeness (QED) is 0.229. The predicted octanol–water partition coefficient (Wildman–Crippen LogP) is 0.319. The van der Waals surface area contributed by atoms with Crippen molar-refractivity contribution in [1.29, 1.82) is 0 Å². The van der Waals surface area contributed by atoms with E-state index in [1.807, 2.05) is 0 Å². The van der Waals surface area contributed by atoms with Gasteiger partial charge in [-0.1, -0.05) is 0 Å². The number of thiocarbonyl (C=S) groups is 1. The number of carbonyl (C=O) groups excluding carboxylic acids is 1. The molecule has 1 amide bonds. The van der Waals surface area contributed by atoms with Gasteiger partial charge in [0.15, 0.2) is 11.6 Å². The molecule has 10 nitrogen and oxygen atoms in total. The Kier molecular flexibility index (Phi) is 11.4. The van der Waals surface area contributed by atoms with Crippen LogP contribution >= 0.6 is 12.2 Å². The Hall–Kier alpha value is -2.74. The highest BCUT2D eigenvalue weighted by atomic mass is 32.1. The lowest BCUT2D eigenvalue weighted by atomic mass is 10.2. The SMILES string of the molecule is CO.COC(=S)NC/C(N)=C/N(N)c1cc(F)c(N2CCN(C(=O)CN3CCCC3)CC2)c(F)c1. The smallest absolute Gasteiger partial charge is 0.256 e. The highest BCUT2D eigenvalue weighted by molar-refractivity contribution is 7.80. The van der Waals surface area contributed by atoms with Crippen molar-refractivity contribution in [3.05, 3.63) is 35.7 Å². The molecule has 0 saturated carbocycles. The molecule has 35 heavy (non-hydrogen) atoms. The van der Waals surface area contributed by atoms with Crippen LogP contribution in [0.1, 0.15) is 12.8 Å². The van der Waals surface area contributed by atoms with E-state index in [1.165, 1.54) is 13.3 Å². The van der Waals surface area contributed by atoms with Gasteiger partial charge in [-0.05, 0) is 38.1 Å². The fourth-order valence-electron chi connectivity index (χ4n) is 3.96. The first kappa shape index (κ1) is 28.5. The van der Waals surface area contributed by atoms with Gasteiger partial charge in [-0.25, -0.2) is 14.6 Å². The lowest BCUT2D eigenvalue weighted by Gasteiger charge is -2.37. The number of ether oxygens (including phenoxy) is 1. The third kappa shape index (κ3) is 8.16. The van der Waals surface area contributed by atoms with Crippen LogP contribution in [0.15, 0.2) is 24.0 Å². The first-order valence-corrected chi connectivity index (χ1v) is 11.7. The van der Waals surface area contributed by atoms with Crippen molar-refractivity contribution in [1.82, 2.24) is 15.1 Å². The van der Waals surface area contributed by atoms with E-state index in [-0.39, 0.29) is 34.7 Å². The number of amides is 1. The monoisotopic (exact) mass is 515 g/mol. The van der Waals surface area contributed by atoms with E-state index in [4.69, 9.17) is 33.6 Å². The molecule has 13 heteroatoms. The zero-order chi connectivity index (χ0) is 26.0. The minimum absolute atomic E-state index is 0.0664. The molecule has 2 saturated heterocycles. The Bertz CT molecular complexity index is 869. The molecule has 2 aliphatic heterocycles. The van der Waals surface area contributed by atoms with Gasteiger partial charge in [0.1, 0.15) is 5.69 Å². The molecule has 1 aromatic carbocycles. The van der Waals surface area contributed by atoms with Crippen LogP contribution in [-0.4, -0.2) is 92.6 Å². The van der Waals surface area contributed by atoms with E-state index < -0.39 is 11.6 Å². The topological polar surface area (TPSA) is 124 Å².